The predicted octanol–water partition coefficient (Wildman–Crippen LogP) is 5.84. The number of nitrogens with one attached hydrogen (secondary N) is 1. The van der Waals surface area contributed by atoms with Crippen LogP contribution in [0.4, 0.5) is 5.00 Å². The van der Waals surface area contributed by atoms with Crippen LogP contribution in [0, 0.1) is 18.3 Å². The quantitative estimate of drug-likeness (QED) is 0.385. The Morgan fingerprint density at radius 3 is 2.56 bits per heavy atom. The number of esters is 1. The molecule has 0 unspecified atom stereocenters. The maximum Gasteiger partial charge on any atom is 0.348 e. The number of methoxy groups -OCH3 is 1. The number of fused-ring (bicyclic) bond motifs is 1. The highest BCUT2D eigenvalue weighted by Crippen LogP contribution is 2.34. The highest BCUT2D eigenvalue weighted by molar-refractivity contribution is 7.18. The summed E-state index contributed by atoms with van der Waals surface area (Å²) in [7, 11) is 1.27. The Kier molecular flexibility index (Phi) is 5.91. The minimum absolute atomic E-state index is 0.236. The fourth-order valence-electron chi connectivity index (χ4n) is 3.33. The number of amides is 1. The minimum atomic E-state index is -0.552. The molecule has 0 aliphatic carbocycles. The van der Waals surface area contributed by atoms with E-state index in [0.717, 1.165) is 16.9 Å². The molecule has 1 amide bonds. The van der Waals surface area contributed by atoms with Crippen LogP contribution in [-0.4, -0.2) is 24.0 Å². The third-order valence-electron chi connectivity index (χ3n) is 4.96. The van der Waals surface area contributed by atoms with Crippen molar-refractivity contribution in [3.63, 3.8) is 0 Å². The second kappa shape index (κ2) is 8.79. The molecule has 0 saturated heterocycles. The maximum absolute atomic E-state index is 13.3. The van der Waals surface area contributed by atoms with Gasteiger partial charge in [-0.3, -0.25) is 4.79 Å². The first-order chi connectivity index (χ1) is 15.4. The van der Waals surface area contributed by atoms with E-state index in [0.29, 0.717) is 37.7 Å². The molecule has 8 heteroatoms. The van der Waals surface area contributed by atoms with E-state index < -0.39 is 11.9 Å². The lowest BCUT2D eigenvalue weighted by Crippen LogP contribution is -2.13. The number of thiophene rings is 1. The summed E-state index contributed by atoms with van der Waals surface area (Å²) < 4.78 is 4.78. The van der Waals surface area contributed by atoms with E-state index in [9.17, 15) is 14.9 Å². The Bertz CT molecular complexity index is 1400. The van der Waals surface area contributed by atoms with E-state index in [1.807, 2.05) is 36.4 Å². The molecule has 158 valence electrons. The number of benzene rings is 2. The van der Waals surface area contributed by atoms with Gasteiger partial charge in [-0.1, -0.05) is 41.9 Å². The van der Waals surface area contributed by atoms with Crippen LogP contribution in [0.5, 0.6) is 0 Å². The maximum atomic E-state index is 13.3. The molecule has 1 N–H and O–H groups in total. The SMILES string of the molecule is COC(=O)c1sc(NC(=O)c2cc(-c3ccc(Cl)cc3)nc3ccccc23)c(C#N)c1C. The van der Waals surface area contributed by atoms with Crippen LogP contribution in [-0.2, 0) is 4.74 Å². The topological polar surface area (TPSA) is 92.1 Å². The smallest absolute Gasteiger partial charge is 0.348 e. The summed E-state index contributed by atoms with van der Waals surface area (Å²) in [6.45, 7) is 1.65. The molecule has 6 nitrogen and oxygen atoms in total. The molecule has 0 aliphatic heterocycles. The molecule has 4 rings (SSSR count). The molecule has 32 heavy (non-hydrogen) atoms. The van der Waals surface area contributed by atoms with Crippen molar-refractivity contribution in [1.29, 1.82) is 5.26 Å². The number of hydrogen-bond donors (Lipinski definition) is 1. The van der Waals surface area contributed by atoms with Gasteiger partial charge in [-0.05, 0) is 36.8 Å². The molecule has 0 saturated carbocycles. The van der Waals surface area contributed by atoms with E-state index in [-0.39, 0.29) is 10.4 Å². The van der Waals surface area contributed by atoms with E-state index in [4.69, 9.17) is 16.3 Å². The van der Waals surface area contributed by atoms with Crippen LogP contribution in [0.1, 0.15) is 31.2 Å². The monoisotopic (exact) mass is 461 g/mol. The largest absolute Gasteiger partial charge is 0.465 e. The van der Waals surface area contributed by atoms with E-state index >= 15 is 0 Å². The van der Waals surface area contributed by atoms with Gasteiger partial charge >= 0.3 is 5.97 Å². The molecular formula is C24H16ClN3O3S. The lowest BCUT2D eigenvalue weighted by atomic mass is 10.0. The predicted molar refractivity (Wildman–Crippen MR) is 125 cm³/mol. The van der Waals surface area contributed by atoms with Gasteiger partial charge in [0.15, 0.2) is 0 Å². The van der Waals surface area contributed by atoms with Gasteiger partial charge in [0.05, 0.1) is 29.4 Å². The number of carbonyl (C=O) groups is 2. The molecule has 2 aromatic carbocycles. The average molecular weight is 462 g/mol. The number of nitriles is 1. The van der Waals surface area contributed by atoms with Gasteiger partial charge in [-0.25, -0.2) is 9.78 Å². The molecule has 4 aromatic rings. The first-order valence-electron chi connectivity index (χ1n) is 9.51. The van der Waals surface area contributed by atoms with Crippen LogP contribution >= 0.6 is 22.9 Å². The molecule has 0 atom stereocenters. The van der Waals surface area contributed by atoms with Gasteiger partial charge in [-0.2, -0.15) is 5.26 Å². The lowest BCUT2D eigenvalue weighted by molar-refractivity contribution is 0.0605. The van der Waals surface area contributed by atoms with Crippen molar-refractivity contribution in [2.75, 3.05) is 12.4 Å². The molecule has 0 aliphatic rings. The number of carbonyl (C=O) groups excluding carboxylic acids is 2. The van der Waals surface area contributed by atoms with E-state index in [1.54, 1.807) is 25.1 Å². The second-order valence-electron chi connectivity index (χ2n) is 6.90. The van der Waals surface area contributed by atoms with Crippen molar-refractivity contribution in [3.05, 3.63) is 81.2 Å². The van der Waals surface area contributed by atoms with Gasteiger partial charge in [-0.15, -0.1) is 11.3 Å². The summed E-state index contributed by atoms with van der Waals surface area (Å²) in [6, 6.07) is 18.3. The summed E-state index contributed by atoms with van der Waals surface area (Å²) in [4.78, 5) is 30.3. The van der Waals surface area contributed by atoms with Crippen molar-refractivity contribution in [2.24, 2.45) is 0 Å². The standard InChI is InChI=1S/C24H16ClN3O3S/c1-13-18(12-26)23(32-21(13)24(30)31-2)28-22(29)17-11-20(14-7-9-15(25)10-8-14)27-19-6-4-3-5-16(17)19/h3-11H,1-2H3,(H,28,29). The van der Waals surface area contributed by atoms with E-state index in [1.165, 1.54) is 7.11 Å². The van der Waals surface area contributed by atoms with Crippen LogP contribution in [0.25, 0.3) is 22.2 Å². The summed E-state index contributed by atoms with van der Waals surface area (Å²) in [5.41, 5.74) is 3.19. The fraction of sp³-hybridized carbons (Fsp3) is 0.0833. The normalized spacial score (nSPS) is 10.6. The Balaban J connectivity index is 1.80. The summed E-state index contributed by atoms with van der Waals surface area (Å²) in [6.07, 6.45) is 0. The number of rotatable bonds is 4. The molecule has 0 fully saturated rings. The Hall–Kier alpha value is -3.73. The number of pyridine rings is 1. The van der Waals surface area contributed by atoms with Crippen LogP contribution in [0.2, 0.25) is 5.02 Å². The lowest BCUT2D eigenvalue weighted by Gasteiger charge is -2.10. The minimum Gasteiger partial charge on any atom is -0.465 e. The number of halogens is 1. The zero-order valence-electron chi connectivity index (χ0n) is 17.1. The Morgan fingerprint density at radius 2 is 1.88 bits per heavy atom. The molecule has 0 spiro atoms. The number of para-hydroxylation sites is 1. The second-order valence-corrected chi connectivity index (χ2v) is 8.35. The first-order valence-corrected chi connectivity index (χ1v) is 10.7. The first kappa shape index (κ1) is 21.5. The van der Waals surface area contributed by atoms with Gasteiger partial charge in [0.2, 0.25) is 0 Å². The van der Waals surface area contributed by atoms with Gasteiger partial charge in [0.1, 0.15) is 15.9 Å². The number of aromatic nitrogens is 1. The molecule has 0 bridgehead atoms. The average Bonchev–Trinajstić information content (AvgIpc) is 3.12. The van der Waals surface area contributed by atoms with E-state index in [2.05, 4.69) is 16.4 Å². The summed E-state index contributed by atoms with van der Waals surface area (Å²) in [5, 5.41) is 13.9. The Labute approximate surface area is 193 Å². The van der Waals surface area contributed by atoms with Crippen molar-refractivity contribution in [3.8, 4) is 17.3 Å². The molecule has 2 heterocycles. The highest BCUT2D eigenvalue weighted by atomic mass is 35.5. The summed E-state index contributed by atoms with van der Waals surface area (Å²) >= 11 is 7.01. The molecule has 0 radical (unpaired) electrons. The third kappa shape index (κ3) is 3.94. The van der Waals surface area contributed by atoms with Crippen LogP contribution in [0.3, 0.4) is 0 Å². The van der Waals surface area contributed by atoms with Crippen molar-refractivity contribution in [1.82, 2.24) is 4.98 Å². The van der Waals surface area contributed by atoms with Crippen molar-refractivity contribution >= 4 is 50.7 Å². The third-order valence-corrected chi connectivity index (χ3v) is 6.40. The van der Waals surface area contributed by atoms with Crippen LogP contribution < -0.4 is 5.32 Å². The number of nitrogens with zero attached hydrogens (tertiary/aromatic N) is 2. The van der Waals surface area contributed by atoms with Gasteiger partial charge in [0, 0.05) is 16.0 Å². The number of ether oxygens (including phenoxy) is 1. The van der Waals surface area contributed by atoms with Gasteiger partial charge < -0.3 is 10.1 Å². The zero-order valence-corrected chi connectivity index (χ0v) is 18.7. The van der Waals surface area contributed by atoms with Crippen molar-refractivity contribution < 1.29 is 14.3 Å². The fourth-order valence-corrected chi connectivity index (χ4v) is 4.52. The highest BCUT2D eigenvalue weighted by Gasteiger charge is 2.23. The van der Waals surface area contributed by atoms with Gasteiger partial charge in [0.25, 0.3) is 5.91 Å². The van der Waals surface area contributed by atoms with Crippen LogP contribution in [0.15, 0.2) is 54.6 Å². The number of hydrogen-bond acceptors (Lipinski definition) is 6. The van der Waals surface area contributed by atoms with Crippen molar-refractivity contribution in [2.45, 2.75) is 6.92 Å². The zero-order chi connectivity index (χ0) is 22.8. The summed E-state index contributed by atoms with van der Waals surface area (Å²) in [5.74, 6) is -0.961. The number of anilines is 1. The molecule has 2 aromatic heterocycles. The Morgan fingerprint density at radius 1 is 1.16 bits per heavy atom. The molecular weight excluding hydrogens is 446 g/mol.